The number of alkyl halides is 3. The predicted octanol–water partition coefficient (Wildman–Crippen LogP) is 3.19. The first-order valence-corrected chi connectivity index (χ1v) is 5.68. The summed E-state index contributed by atoms with van der Waals surface area (Å²) in [5.74, 6) is 0.140. The van der Waals surface area contributed by atoms with Crippen molar-refractivity contribution in [2.45, 2.75) is 19.2 Å². The van der Waals surface area contributed by atoms with E-state index in [1.54, 1.807) is 6.07 Å². The molecule has 1 aromatic carbocycles. The Kier molecular flexibility index (Phi) is 3.54. The van der Waals surface area contributed by atoms with Crippen LogP contribution in [0.1, 0.15) is 12.8 Å². The average molecular weight is 261 g/mol. The van der Waals surface area contributed by atoms with Gasteiger partial charge in [-0.25, -0.2) is 0 Å². The molecule has 2 rings (SSSR count). The van der Waals surface area contributed by atoms with E-state index in [9.17, 15) is 13.2 Å². The molecule has 1 fully saturated rings. The van der Waals surface area contributed by atoms with Gasteiger partial charge in [0.05, 0.1) is 12.8 Å². The molecule has 1 heterocycles. The summed E-state index contributed by atoms with van der Waals surface area (Å²) in [6.45, 7) is 1.80. The summed E-state index contributed by atoms with van der Waals surface area (Å²) in [7, 11) is 1.44. The highest BCUT2D eigenvalue weighted by atomic mass is 19.4. The van der Waals surface area contributed by atoms with Crippen molar-refractivity contribution in [2.75, 3.05) is 25.1 Å². The number of nitrogens with zero attached hydrogens (tertiary/aromatic N) is 1. The summed E-state index contributed by atoms with van der Waals surface area (Å²) in [5, 5.41) is 0. The van der Waals surface area contributed by atoms with Crippen LogP contribution in [0.25, 0.3) is 0 Å². The number of hydrogen-bond donors (Lipinski definition) is 0. The number of halogens is 3. The van der Waals surface area contributed by atoms with Gasteiger partial charge in [-0.1, -0.05) is 0 Å². The maximum atomic E-state index is 12.1. The molecule has 6 heteroatoms. The van der Waals surface area contributed by atoms with Gasteiger partial charge in [0.15, 0.2) is 0 Å². The standard InChI is InChI=1S/C12H14F3NO2/c1-17-11-8-9(18-12(13,14)15)4-5-10(11)16-6-2-3-7-16/h4-5,8H,2-3,6-7H2,1H3. The van der Waals surface area contributed by atoms with E-state index < -0.39 is 6.36 Å². The molecule has 1 aromatic rings. The van der Waals surface area contributed by atoms with E-state index in [2.05, 4.69) is 9.64 Å². The first kappa shape index (κ1) is 12.9. The van der Waals surface area contributed by atoms with Crippen LogP contribution >= 0.6 is 0 Å². The van der Waals surface area contributed by atoms with Gasteiger partial charge in [0.2, 0.25) is 0 Å². The summed E-state index contributed by atoms with van der Waals surface area (Å²) in [5.41, 5.74) is 0.810. The molecule has 0 saturated carbocycles. The average Bonchev–Trinajstić information content (AvgIpc) is 2.80. The lowest BCUT2D eigenvalue weighted by Gasteiger charge is -2.21. The second-order valence-corrected chi connectivity index (χ2v) is 4.08. The molecule has 1 aliphatic heterocycles. The minimum Gasteiger partial charge on any atom is -0.494 e. The Morgan fingerprint density at radius 1 is 1.17 bits per heavy atom. The molecule has 0 N–H and O–H groups in total. The van der Waals surface area contributed by atoms with Gasteiger partial charge in [-0.15, -0.1) is 13.2 Å². The fourth-order valence-corrected chi connectivity index (χ4v) is 2.07. The molecule has 0 atom stereocenters. The topological polar surface area (TPSA) is 21.7 Å². The number of hydrogen-bond acceptors (Lipinski definition) is 3. The van der Waals surface area contributed by atoms with E-state index in [1.807, 2.05) is 0 Å². The lowest BCUT2D eigenvalue weighted by molar-refractivity contribution is -0.274. The van der Waals surface area contributed by atoms with Gasteiger partial charge in [-0.2, -0.15) is 0 Å². The summed E-state index contributed by atoms with van der Waals surface area (Å²) in [6, 6.07) is 4.18. The zero-order chi connectivity index (χ0) is 13.2. The molecule has 1 saturated heterocycles. The smallest absolute Gasteiger partial charge is 0.494 e. The molecule has 0 aliphatic carbocycles. The van der Waals surface area contributed by atoms with E-state index in [1.165, 1.54) is 19.2 Å². The van der Waals surface area contributed by atoms with Gasteiger partial charge in [0.25, 0.3) is 0 Å². The lowest BCUT2D eigenvalue weighted by atomic mass is 10.2. The first-order valence-electron chi connectivity index (χ1n) is 5.68. The Balaban J connectivity index is 2.22. The lowest BCUT2D eigenvalue weighted by Crippen LogP contribution is -2.19. The number of anilines is 1. The van der Waals surface area contributed by atoms with E-state index >= 15 is 0 Å². The summed E-state index contributed by atoms with van der Waals surface area (Å²) < 4.78 is 45.3. The van der Waals surface area contributed by atoms with Gasteiger partial charge in [0, 0.05) is 19.2 Å². The van der Waals surface area contributed by atoms with Crippen LogP contribution in [0.15, 0.2) is 18.2 Å². The van der Waals surface area contributed by atoms with Crippen LogP contribution in [-0.4, -0.2) is 26.6 Å². The van der Waals surface area contributed by atoms with Crippen LogP contribution in [-0.2, 0) is 0 Å². The zero-order valence-corrected chi connectivity index (χ0v) is 9.96. The van der Waals surface area contributed by atoms with Crippen LogP contribution in [0.2, 0.25) is 0 Å². The zero-order valence-electron chi connectivity index (χ0n) is 9.96. The monoisotopic (exact) mass is 261 g/mol. The largest absolute Gasteiger partial charge is 0.573 e. The predicted molar refractivity (Wildman–Crippen MR) is 61.1 cm³/mol. The van der Waals surface area contributed by atoms with Gasteiger partial charge < -0.3 is 14.4 Å². The minimum atomic E-state index is -4.68. The Morgan fingerprint density at radius 3 is 2.39 bits per heavy atom. The molecule has 1 aliphatic rings. The molecule has 0 bridgehead atoms. The molecule has 18 heavy (non-hydrogen) atoms. The first-order chi connectivity index (χ1) is 8.49. The van der Waals surface area contributed by atoms with Crippen LogP contribution in [0.4, 0.5) is 18.9 Å². The van der Waals surface area contributed by atoms with Crippen LogP contribution < -0.4 is 14.4 Å². The van der Waals surface area contributed by atoms with Crippen LogP contribution in [0, 0.1) is 0 Å². The summed E-state index contributed by atoms with van der Waals surface area (Å²) >= 11 is 0. The molecular formula is C12H14F3NO2. The van der Waals surface area contributed by atoms with Crippen molar-refractivity contribution in [1.82, 2.24) is 0 Å². The van der Waals surface area contributed by atoms with Gasteiger partial charge in [-0.05, 0) is 25.0 Å². The van der Waals surface area contributed by atoms with Gasteiger partial charge in [-0.3, -0.25) is 0 Å². The molecular weight excluding hydrogens is 247 g/mol. The maximum absolute atomic E-state index is 12.1. The van der Waals surface area contributed by atoms with Crippen molar-refractivity contribution >= 4 is 5.69 Å². The SMILES string of the molecule is COc1cc(OC(F)(F)F)ccc1N1CCCC1. The molecule has 0 unspecified atom stereocenters. The molecule has 0 amide bonds. The van der Waals surface area contributed by atoms with Crippen molar-refractivity contribution in [3.8, 4) is 11.5 Å². The van der Waals surface area contributed by atoms with Crippen molar-refractivity contribution in [3.05, 3.63) is 18.2 Å². The second-order valence-electron chi connectivity index (χ2n) is 4.08. The normalized spacial score (nSPS) is 15.9. The Morgan fingerprint density at radius 2 is 1.83 bits per heavy atom. The molecule has 3 nitrogen and oxygen atoms in total. The van der Waals surface area contributed by atoms with E-state index in [0.717, 1.165) is 31.6 Å². The highest BCUT2D eigenvalue weighted by Crippen LogP contribution is 2.35. The Labute approximate surface area is 103 Å². The van der Waals surface area contributed by atoms with Gasteiger partial charge in [0.1, 0.15) is 11.5 Å². The third-order valence-corrected chi connectivity index (χ3v) is 2.83. The number of methoxy groups -OCH3 is 1. The second kappa shape index (κ2) is 4.96. The fourth-order valence-electron chi connectivity index (χ4n) is 2.07. The minimum absolute atomic E-state index is 0.262. The van der Waals surface area contributed by atoms with Crippen molar-refractivity contribution in [1.29, 1.82) is 0 Å². The molecule has 0 spiro atoms. The van der Waals surface area contributed by atoms with Crippen LogP contribution in [0.3, 0.4) is 0 Å². The Bertz CT molecular complexity index is 414. The molecule has 0 aromatic heterocycles. The third-order valence-electron chi connectivity index (χ3n) is 2.83. The van der Waals surface area contributed by atoms with Crippen molar-refractivity contribution in [3.63, 3.8) is 0 Å². The van der Waals surface area contributed by atoms with E-state index in [4.69, 9.17) is 4.74 Å². The van der Waals surface area contributed by atoms with Gasteiger partial charge >= 0.3 is 6.36 Å². The highest BCUT2D eigenvalue weighted by molar-refractivity contribution is 5.61. The van der Waals surface area contributed by atoms with Crippen molar-refractivity contribution in [2.24, 2.45) is 0 Å². The molecule has 100 valence electrons. The van der Waals surface area contributed by atoms with E-state index in [0.29, 0.717) is 5.75 Å². The number of rotatable bonds is 3. The highest BCUT2D eigenvalue weighted by Gasteiger charge is 2.31. The van der Waals surface area contributed by atoms with Crippen LogP contribution in [0.5, 0.6) is 11.5 Å². The number of benzene rings is 1. The Hall–Kier alpha value is -1.59. The summed E-state index contributed by atoms with van der Waals surface area (Å²) in [6.07, 6.45) is -2.51. The van der Waals surface area contributed by atoms with Crippen molar-refractivity contribution < 1.29 is 22.6 Å². The van der Waals surface area contributed by atoms with E-state index in [-0.39, 0.29) is 5.75 Å². The number of ether oxygens (including phenoxy) is 2. The quantitative estimate of drug-likeness (QED) is 0.834. The summed E-state index contributed by atoms with van der Waals surface area (Å²) in [4.78, 5) is 2.09. The fraction of sp³-hybridized carbons (Fsp3) is 0.500. The molecule has 0 radical (unpaired) electrons. The maximum Gasteiger partial charge on any atom is 0.573 e. The third kappa shape index (κ3) is 3.00.